The van der Waals surface area contributed by atoms with Crippen LogP contribution in [-0.4, -0.2) is 18.3 Å². The van der Waals surface area contributed by atoms with E-state index in [1.807, 2.05) is 0 Å². The van der Waals surface area contributed by atoms with Crippen LogP contribution in [0.4, 0.5) is 4.39 Å². The summed E-state index contributed by atoms with van der Waals surface area (Å²) in [4.78, 5) is 0. The summed E-state index contributed by atoms with van der Waals surface area (Å²) in [6.45, 7) is 0.578. The van der Waals surface area contributed by atoms with Crippen LogP contribution in [0.1, 0.15) is 24.5 Å². The van der Waals surface area contributed by atoms with Crippen molar-refractivity contribution >= 4 is 0 Å². The Labute approximate surface area is 94.0 Å². The van der Waals surface area contributed by atoms with Crippen LogP contribution in [0.25, 0.3) is 0 Å². The van der Waals surface area contributed by atoms with E-state index >= 15 is 0 Å². The summed E-state index contributed by atoms with van der Waals surface area (Å²) in [6, 6.07) is 4.52. The molecule has 0 aromatic heterocycles. The van der Waals surface area contributed by atoms with Gasteiger partial charge in [0.25, 0.3) is 0 Å². The van der Waals surface area contributed by atoms with Crippen molar-refractivity contribution in [2.24, 2.45) is 11.7 Å². The standard InChI is InChI=1S/C12H16FNO2/c13-10-3-1-2-9(11(15)6-14)12(10)16-7-8-4-5-8/h1-3,8,11,15H,4-7,14H2. The number of benzene rings is 1. The Morgan fingerprint density at radius 1 is 1.50 bits per heavy atom. The number of nitrogens with two attached hydrogens (primary N) is 1. The summed E-state index contributed by atoms with van der Waals surface area (Å²) >= 11 is 0. The van der Waals surface area contributed by atoms with Crippen LogP contribution in [0, 0.1) is 11.7 Å². The average molecular weight is 225 g/mol. The van der Waals surface area contributed by atoms with Gasteiger partial charge in [-0.3, -0.25) is 0 Å². The van der Waals surface area contributed by atoms with E-state index in [0.717, 1.165) is 12.8 Å². The summed E-state index contributed by atoms with van der Waals surface area (Å²) in [5.74, 6) is 0.250. The van der Waals surface area contributed by atoms with E-state index in [-0.39, 0.29) is 12.3 Å². The Bertz CT molecular complexity index is 366. The lowest BCUT2D eigenvalue weighted by Crippen LogP contribution is -2.14. The first-order chi connectivity index (χ1) is 7.72. The smallest absolute Gasteiger partial charge is 0.165 e. The SMILES string of the molecule is NCC(O)c1cccc(F)c1OCC1CC1. The van der Waals surface area contributed by atoms with Gasteiger partial charge in [-0.05, 0) is 24.8 Å². The molecule has 0 radical (unpaired) electrons. The normalized spacial score (nSPS) is 17.2. The predicted molar refractivity (Wildman–Crippen MR) is 58.6 cm³/mol. The van der Waals surface area contributed by atoms with Crippen LogP contribution in [0.3, 0.4) is 0 Å². The molecule has 1 unspecified atom stereocenters. The molecule has 1 atom stereocenters. The molecule has 0 saturated heterocycles. The van der Waals surface area contributed by atoms with Gasteiger partial charge < -0.3 is 15.6 Å². The third-order valence-electron chi connectivity index (χ3n) is 2.74. The maximum absolute atomic E-state index is 13.5. The van der Waals surface area contributed by atoms with Crippen molar-refractivity contribution in [1.29, 1.82) is 0 Å². The first kappa shape index (κ1) is 11.4. The third kappa shape index (κ3) is 2.51. The number of hydrogen-bond acceptors (Lipinski definition) is 3. The molecule has 1 aromatic carbocycles. The van der Waals surface area contributed by atoms with Gasteiger partial charge >= 0.3 is 0 Å². The summed E-state index contributed by atoms with van der Waals surface area (Å²) in [5.41, 5.74) is 5.80. The van der Waals surface area contributed by atoms with Crippen molar-refractivity contribution in [3.05, 3.63) is 29.6 Å². The summed E-state index contributed by atoms with van der Waals surface area (Å²) < 4.78 is 19.0. The second-order valence-electron chi connectivity index (χ2n) is 4.16. The number of hydrogen-bond donors (Lipinski definition) is 2. The lowest BCUT2D eigenvalue weighted by Gasteiger charge is -2.15. The Morgan fingerprint density at radius 3 is 2.88 bits per heavy atom. The average Bonchev–Trinajstić information content (AvgIpc) is 3.10. The second-order valence-corrected chi connectivity index (χ2v) is 4.16. The van der Waals surface area contributed by atoms with Crippen molar-refractivity contribution in [2.45, 2.75) is 18.9 Å². The zero-order chi connectivity index (χ0) is 11.5. The molecule has 16 heavy (non-hydrogen) atoms. The van der Waals surface area contributed by atoms with Crippen LogP contribution in [0.15, 0.2) is 18.2 Å². The topological polar surface area (TPSA) is 55.5 Å². The van der Waals surface area contributed by atoms with Crippen molar-refractivity contribution in [3.8, 4) is 5.75 Å². The summed E-state index contributed by atoms with van der Waals surface area (Å²) in [6.07, 6.45) is 1.41. The minimum Gasteiger partial charge on any atom is -0.490 e. The molecule has 1 aromatic rings. The molecule has 1 saturated carbocycles. The fourth-order valence-electron chi connectivity index (χ4n) is 1.55. The molecule has 4 heteroatoms. The fraction of sp³-hybridized carbons (Fsp3) is 0.500. The highest BCUT2D eigenvalue weighted by Crippen LogP contribution is 2.33. The van der Waals surface area contributed by atoms with Gasteiger partial charge in [-0.25, -0.2) is 4.39 Å². The van der Waals surface area contributed by atoms with Gasteiger partial charge in [0.2, 0.25) is 0 Å². The maximum Gasteiger partial charge on any atom is 0.165 e. The predicted octanol–water partition coefficient (Wildman–Crippen LogP) is 1.61. The minimum atomic E-state index is -0.870. The molecule has 3 nitrogen and oxygen atoms in total. The first-order valence-corrected chi connectivity index (χ1v) is 5.51. The number of ether oxygens (including phenoxy) is 1. The van der Waals surface area contributed by atoms with Crippen molar-refractivity contribution < 1.29 is 14.2 Å². The van der Waals surface area contributed by atoms with Crippen LogP contribution in [0.5, 0.6) is 5.75 Å². The molecule has 3 N–H and O–H groups in total. The lowest BCUT2D eigenvalue weighted by atomic mass is 10.1. The van der Waals surface area contributed by atoms with E-state index in [9.17, 15) is 9.50 Å². The molecular weight excluding hydrogens is 209 g/mol. The van der Waals surface area contributed by atoms with E-state index in [4.69, 9.17) is 10.5 Å². The van der Waals surface area contributed by atoms with Gasteiger partial charge in [0.1, 0.15) is 0 Å². The van der Waals surface area contributed by atoms with Crippen LogP contribution in [0.2, 0.25) is 0 Å². The zero-order valence-electron chi connectivity index (χ0n) is 9.03. The van der Waals surface area contributed by atoms with Gasteiger partial charge in [-0.2, -0.15) is 0 Å². The highest BCUT2D eigenvalue weighted by Gasteiger charge is 2.24. The van der Waals surface area contributed by atoms with Gasteiger partial charge in [-0.1, -0.05) is 12.1 Å². The van der Waals surface area contributed by atoms with Gasteiger partial charge in [0.15, 0.2) is 11.6 Å². The van der Waals surface area contributed by atoms with Crippen LogP contribution in [-0.2, 0) is 0 Å². The molecule has 2 rings (SSSR count). The highest BCUT2D eigenvalue weighted by atomic mass is 19.1. The Balaban J connectivity index is 2.17. The number of aliphatic hydroxyl groups excluding tert-OH is 1. The second kappa shape index (κ2) is 4.80. The van der Waals surface area contributed by atoms with E-state index in [0.29, 0.717) is 18.1 Å². The van der Waals surface area contributed by atoms with E-state index in [2.05, 4.69) is 0 Å². The van der Waals surface area contributed by atoms with Gasteiger partial charge in [0, 0.05) is 12.1 Å². The van der Waals surface area contributed by atoms with E-state index in [1.54, 1.807) is 12.1 Å². The minimum absolute atomic E-state index is 0.0588. The lowest BCUT2D eigenvalue weighted by molar-refractivity contribution is 0.176. The Kier molecular flexibility index (Phi) is 3.41. The number of para-hydroxylation sites is 1. The van der Waals surface area contributed by atoms with Crippen molar-refractivity contribution in [2.75, 3.05) is 13.2 Å². The fourth-order valence-corrected chi connectivity index (χ4v) is 1.55. The summed E-state index contributed by atoms with van der Waals surface area (Å²) in [5, 5.41) is 9.64. The summed E-state index contributed by atoms with van der Waals surface area (Å²) in [7, 11) is 0. The molecule has 1 aliphatic carbocycles. The van der Waals surface area contributed by atoms with Crippen molar-refractivity contribution in [1.82, 2.24) is 0 Å². The molecule has 1 aliphatic rings. The van der Waals surface area contributed by atoms with Gasteiger partial charge in [0.05, 0.1) is 12.7 Å². The van der Waals surface area contributed by atoms with Crippen molar-refractivity contribution in [3.63, 3.8) is 0 Å². The van der Waals surface area contributed by atoms with E-state index < -0.39 is 11.9 Å². The third-order valence-corrected chi connectivity index (χ3v) is 2.74. The number of halogens is 1. The monoisotopic (exact) mass is 225 g/mol. The molecule has 0 aliphatic heterocycles. The molecule has 88 valence electrons. The highest BCUT2D eigenvalue weighted by molar-refractivity contribution is 5.36. The molecule has 1 fully saturated rings. The molecular formula is C12H16FNO2. The van der Waals surface area contributed by atoms with Crippen LogP contribution >= 0.6 is 0 Å². The Hall–Kier alpha value is -1.13. The number of aliphatic hydroxyl groups is 1. The molecule has 0 heterocycles. The quantitative estimate of drug-likeness (QED) is 0.800. The molecule has 0 amide bonds. The molecule has 0 bridgehead atoms. The molecule has 0 spiro atoms. The van der Waals surface area contributed by atoms with E-state index in [1.165, 1.54) is 6.07 Å². The first-order valence-electron chi connectivity index (χ1n) is 5.51. The largest absolute Gasteiger partial charge is 0.490 e. The number of rotatable bonds is 5. The van der Waals surface area contributed by atoms with Gasteiger partial charge in [-0.15, -0.1) is 0 Å². The Morgan fingerprint density at radius 2 is 2.25 bits per heavy atom. The van der Waals surface area contributed by atoms with Crippen LogP contribution < -0.4 is 10.5 Å². The maximum atomic E-state index is 13.5. The zero-order valence-corrected chi connectivity index (χ0v) is 9.03.